The van der Waals surface area contributed by atoms with Crippen molar-refractivity contribution < 1.29 is 4.74 Å². The van der Waals surface area contributed by atoms with Crippen LogP contribution in [0.2, 0.25) is 0 Å². The molecule has 0 atom stereocenters. The van der Waals surface area contributed by atoms with Gasteiger partial charge in [-0.1, -0.05) is 18.2 Å². The highest BCUT2D eigenvalue weighted by atomic mass is 16.5. The average molecular weight is 201 g/mol. The molecule has 1 aromatic carbocycles. The molecule has 1 N–H and O–H groups in total. The summed E-state index contributed by atoms with van der Waals surface area (Å²) in [5.74, 6) is 0.658. The van der Waals surface area contributed by atoms with Crippen LogP contribution in [0.25, 0.3) is 10.9 Å². The summed E-state index contributed by atoms with van der Waals surface area (Å²) in [6, 6.07) is 10.7. The van der Waals surface area contributed by atoms with Gasteiger partial charge in [0.25, 0.3) is 0 Å². The first-order chi connectivity index (χ1) is 7.43. The molecule has 0 unspecified atom stereocenters. The minimum Gasteiger partial charge on any atom is -0.381 e. The van der Waals surface area contributed by atoms with Gasteiger partial charge in [0.05, 0.1) is 0 Å². The van der Waals surface area contributed by atoms with E-state index in [9.17, 15) is 0 Å². The zero-order valence-corrected chi connectivity index (χ0v) is 8.70. The fourth-order valence-corrected chi connectivity index (χ4v) is 2.32. The van der Waals surface area contributed by atoms with Crippen LogP contribution in [-0.2, 0) is 4.74 Å². The van der Waals surface area contributed by atoms with Gasteiger partial charge in [0, 0.05) is 30.3 Å². The first-order valence-electron chi connectivity index (χ1n) is 5.59. The number of para-hydroxylation sites is 1. The molecule has 1 aromatic heterocycles. The fourth-order valence-electron chi connectivity index (χ4n) is 2.32. The third kappa shape index (κ3) is 1.65. The van der Waals surface area contributed by atoms with Gasteiger partial charge in [-0.25, -0.2) is 0 Å². The van der Waals surface area contributed by atoms with Gasteiger partial charge in [-0.15, -0.1) is 0 Å². The second kappa shape index (κ2) is 3.70. The number of benzene rings is 1. The smallest absolute Gasteiger partial charge is 0.0472 e. The molecule has 15 heavy (non-hydrogen) atoms. The minimum atomic E-state index is 0.658. The van der Waals surface area contributed by atoms with Crippen LogP contribution in [0, 0.1) is 0 Å². The molecule has 0 spiro atoms. The molecule has 0 bridgehead atoms. The Morgan fingerprint density at radius 2 is 1.93 bits per heavy atom. The average Bonchev–Trinajstić information content (AvgIpc) is 2.74. The van der Waals surface area contributed by atoms with E-state index in [0.717, 1.165) is 26.1 Å². The fraction of sp³-hybridized carbons (Fsp3) is 0.385. The lowest BCUT2D eigenvalue weighted by Gasteiger charge is -2.20. The summed E-state index contributed by atoms with van der Waals surface area (Å²) in [6.07, 6.45) is 2.29. The maximum absolute atomic E-state index is 5.38. The molecule has 78 valence electrons. The topological polar surface area (TPSA) is 25.0 Å². The van der Waals surface area contributed by atoms with E-state index in [1.807, 2.05) is 0 Å². The van der Waals surface area contributed by atoms with Crippen LogP contribution >= 0.6 is 0 Å². The number of fused-ring (bicyclic) bond motifs is 1. The first kappa shape index (κ1) is 8.98. The molecule has 1 aliphatic heterocycles. The Morgan fingerprint density at radius 3 is 2.73 bits per heavy atom. The number of rotatable bonds is 1. The SMILES string of the molecule is c1ccc2[nH]c(C3CCOCC3)cc2c1. The first-order valence-corrected chi connectivity index (χ1v) is 5.59. The van der Waals surface area contributed by atoms with Crippen LogP contribution in [0.3, 0.4) is 0 Å². The minimum absolute atomic E-state index is 0.658. The van der Waals surface area contributed by atoms with Crippen LogP contribution in [-0.4, -0.2) is 18.2 Å². The van der Waals surface area contributed by atoms with Gasteiger partial charge in [-0.05, 0) is 30.4 Å². The van der Waals surface area contributed by atoms with E-state index < -0.39 is 0 Å². The molecule has 0 saturated carbocycles. The van der Waals surface area contributed by atoms with Crippen molar-refractivity contribution in [3.63, 3.8) is 0 Å². The van der Waals surface area contributed by atoms with Crippen molar-refractivity contribution in [2.75, 3.05) is 13.2 Å². The molecule has 0 radical (unpaired) electrons. The molecule has 0 aliphatic carbocycles. The second-order valence-electron chi connectivity index (χ2n) is 4.20. The van der Waals surface area contributed by atoms with E-state index in [0.29, 0.717) is 5.92 Å². The van der Waals surface area contributed by atoms with Crippen molar-refractivity contribution >= 4 is 10.9 Å². The van der Waals surface area contributed by atoms with Crippen molar-refractivity contribution in [2.24, 2.45) is 0 Å². The van der Waals surface area contributed by atoms with Gasteiger partial charge in [0.2, 0.25) is 0 Å². The molecule has 1 saturated heterocycles. The van der Waals surface area contributed by atoms with Crippen molar-refractivity contribution in [2.45, 2.75) is 18.8 Å². The molecule has 2 nitrogen and oxygen atoms in total. The summed E-state index contributed by atoms with van der Waals surface area (Å²) in [7, 11) is 0. The highest BCUT2D eigenvalue weighted by Gasteiger charge is 2.17. The molecule has 2 heteroatoms. The van der Waals surface area contributed by atoms with Gasteiger partial charge in [-0.2, -0.15) is 0 Å². The Kier molecular flexibility index (Phi) is 2.22. The Morgan fingerprint density at radius 1 is 1.13 bits per heavy atom. The largest absolute Gasteiger partial charge is 0.381 e. The molecular weight excluding hydrogens is 186 g/mol. The zero-order valence-electron chi connectivity index (χ0n) is 8.70. The normalized spacial score (nSPS) is 18.4. The monoisotopic (exact) mass is 201 g/mol. The maximum atomic E-state index is 5.38. The summed E-state index contributed by atoms with van der Waals surface area (Å²) >= 11 is 0. The van der Waals surface area contributed by atoms with Crippen molar-refractivity contribution in [3.8, 4) is 0 Å². The van der Waals surface area contributed by atoms with Gasteiger partial charge in [-0.3, -0.25) is 0 Å². The molecule has 3 rings (SSSR count). The standard InChI is InChI=1S/C13H15NO/c1-2-4-12-11(3-1)9-13(14-12)10-5-7-15-8-6-10/h1-4,9-10,14H,5-8H2. The summed E-state index contributed by atoms with van der Waals surface area (Å²) in [5.41, 5.74) is 2.62. The molecule has 1 fully saturated rings. The van der Waals surface area contributed by atoms with E-state index in [2.05, 4.69) is 35.3 Å². The predicted octanol–water partition coefficient (Wildman–Crippen LogP) is 3.06. The number of ether oxygens (including phenoxy) is 1. The lowest BCUT2D eigenvalue weighted by atomic mass is 9.97. The van der Waals surface area contributed by atoms with Gasteiger partial charge in [0.1, 0.15) is 0 Å². The predicted molar refractivity (Wildman–Crippen MR) is 61.1 cm³/mol. The second-order valence-corrected chi connectivity index (χ2v) is 4.20. The summed E-state index contributed by atoms with van der Waals surface area (Å²) in [5, 5.41) is 1.32. The number of aromatic nitrogens is 1. The van der Waals surface area contributed by atoms with Crippen molar-refractivity contribution in [1.29, 1.82) is 0 Å². The Balaban J connectivity index is 1.96. The Labute approximate surface area is 89.3 Å². The van der Waals surface area contributed by atoms with Gasteiger partial charge in [0.15, 0.2) is 0 Å². The highest BCUT2D eigenvalue weighted by Crippen LogP contribution is 2.28. The number of H-pyrrole nitrogens is 1. The Hall–Kier alpha value is -1.28. The van der Waals surface area contributed by atoms with E-state index in [-0.39, 0.29) is 0 Å². The van der Waals surface area contributed by atoms with Crippen molar-refractivity contribution in [1.82, 2.24) is 4.98 Å². The zero-order chi connectivity index (χ0) is 10.1. The van der Waals surface area contributed by atoms with E-state index in [1.54, 1.807) is 0 Å². The van der Waals surface area contributed by atoms with Crippen LogP contribution < -0.4 is 0 Å². The van der Waals surface area contributed by atoms with Gasteiger partial charge >= 0.3 is 0 Å². The lowest BCUT2D eigenvalue weighted by molar-refractivity contribution is 0.0846. The van der Waals surface area contributed by atoms with Crippen LogP contribution in [0.4, 0.5) is 0 Å². The summed E-state index contributed by atoms with van der Waals surface area (Å²) < 4.78 is 5.38. The van der Waals surface area contributed by atoms with Gasteiger partial charge < -0.3 is 9.72 Å². The van der Waals surface area contributed by atoms with Crippen LogP contribution in [0.15, 0.2) is 30.3 Å². The molecular formula is C13H15NO. The third-order valence-corrected chi connectivity index (χ3v) is 3.21. The molecule has 2 heterocycles. The Bertz CT molecular complexity index is 421. The van der Waals surface area contributed by atoms with E-state index >= 15 is 0 Å². The molecule has 2 aromatic rings. The van der Waals surface area contributed by atoms with Crippen molar-refractivity contribution in [3.05, 3.63) is 36.0 Å². The third-order valence-electron chi connectivity index (χ3n) is 3.21. The number of hydrogen-bond acceptors (Lipinski definition) is 1. The number of aromatic amines is 1. The number of nitrogens with one attached hydrogen (secondary N) is 1. The molecule has 0 amide bonds. The quantitative estimate of drug-likeness (QED) is 0.753. The lowest BCUT2D eigenvalue weighted by Crippen LogP contribution is -2.14. The maximum Gasteiger partial charge on any atom is 0.0472 e. The summed E-state index contributed by atoms with van der Waals surface area (Å²) in [4.78, 5) is 3.51. The molecule has 1 aliphatic rings. The van der Waals surface area contributed by atoms with E-state index in [4.69, 9.17) is 4.74 Å². The van der Waals surface area contributed by atoms with Crippen LogP contribution in [0.5, 0.6) is 0 Å². The summed E-state index contributed by atoms with van der Waals surface area (Å²) in [6.45, 7) is 1.81. The highest BCUT2D eigenvalue weighted by molar-refractivity contribution is 5.80. The van der Waals surface area contributed by atoms with Crippen LogP contribution in [0.1, 0.15) is 24.5 Å². The number of hydrogen-bond donors (Lipinski definition) is 1. The van der Waals surface area contributed by atoms with E-state index in [1.165, 1.54) is 16.6 Å².